The SMILES string of the molecule is CCOC(=O)c1cc(C(=O)N2CCC(C)c3ccccc32)cc([N+](=O)[O-])c1. The Hall–Kier alpha value is -3.22. The summed E-state index contributed by atoms with van der Waals surface area (Å²) in [5, 5.41) is 11.3. The van der Waals surface area contributed by atoms with Crippen LogP contribution in [-0.2, 0) is 4.74 Å². The van der Waals surface area contributed by atoms with Crippen molar-refractivity contribution >= 4 is 23.3 Å². The summed E-state index contributed by atoms with van der Waals surface area (Å²) in [4.78, 5) is 37.4. The van der Waals surface area contributed by atoms with Crippen LogP contribution in [0.4, 0.5) is 11.4 Å². The number of nitrogens with zero attached hydrogens (tertiary/aromatic N) is 2. The van der Waals surface area contributed by atoms with E-state index in [1.165, 1.54) is 12.1 Å². The van der Waals surface area contributed by atoms with Gasteiger partial charge in [-0.25, -0.2) is 4.79 Å². The topological polar surface area (TPSA) is 89.8 Å². The molecule has 1 amide bonds. The molecule has 0 N–H and O–H groups in total. The van der Waals surface area contributed by atoms with Gasteiger partial charge in [-0.05, 0) is 37.0 Å². The molecular formula is C20H20N2O5. The number of benzene rings is 2. The van der Waals surface area contributed by atoms with E-state index in [1.54, 1.807) is 11.8 Å². The molecule has 140 valence electrons. The molecule has 2 aromatic rings. The number of anilines is 1. The lowest BCUT2D eigenvalue weighted by molar-refractivity contribution is -0.384. The van der Waals surface area contributed by atoms with Crippen LogP contribution >= 0.6 is 0 Å². The summed E-state index contributed by atoms with van der Waals surface area (Å²) in [7, 11) is 0. The van der Waals surface area contributed by atoms with Gasteiger partial charge < -0.3 is 9.64 Å². The van der Waals surface area contributed by atoms with Gasteiger partial charge in [0.25, 0.3) is 11.6 Å². The normalized spacial score (nSPS) is 15.8. The minimum Gasteiger partial charge on any atom is -0.462 e. The predicted molar refractivity (Wildman–Crippen MR) is 100 cm³/mol. The van der Waals surface area contributed by atoms with Crippen molar-refractivity contribution in [2.75, 3.05) is 18.1 Å². The maximum absolute atomic E-state index is 13.1. The van der Waals surface area contributed by atoms with Crippen molar-refractivity contribution < 1.29 is 19.2 Å². The smallest absolute Gasteiger partial charge is 0.338 e. The highest BCUT2D eigenvalue weighted by Crippen LogP contribution is 2.35. The molecule has 1 aliphatic heterocycles. The van der Waals surface area contributed by atoms with Crippen LogP contribution in [0.1, 0.15) is 52.5 Å². The number of nitro groups is 1. The highest BCUT2D eigenvalue weighted by molar-refractivity contribution is 6.08. The zero-order valence-electron chi connectivity index (χ0n) is 15.2. The molecule has 0 saturated heterocycles. The molecule has 7 heteroatoms. The molecule has 0 spiro atoms. The molecule has 3 rings (SSSR count). The lowest BCUT2D eigenvalue weighted by atomic mass is 9.91. The fourth-order valence-corrected chi connectivity index (χ4v) is 3.29. The molecule has 0 fully saturated rings. The molecule has 0 aliphatic carbocycles. The number of hydrogen-bond acceptors (Lipinski definition) is 5. The number of nitro benzene ring substituents is 1. The van der Waals surface area contributed by atoms with E-state index in [0.717, 1.165) is 23.7 Å². The Morgan fingerprint density at radius 2 is 1.93 bits per heavy atom. The van der Waals surface area contributed by atoms with Crippen LogP contribution < -0.4 is 4.90 Å². The number of para-hydroxylation sites is 1. The van der Waals surface area contributed by atoms with Crippen molar-refractivity contribution in [2.24, 2.45) is 0 Å². The van der Waals surface area contributed by atoms with Crippen LogP contribution in [0, 0.1) is 10.1 Å². The number of carbonyl (C=O) groups is 2. The maximum atomic E-state index is 13.1. The summed E-state index contributed by atoms with van der Waals surface area (Å²) < 4.78 is 4.93. The van der Waals surface area contributed by atoms with Gasteiger partial charge in [-0.2, -0.15) is 0 Å². The molecule has 7 nitrogen and oxygen atoms in total. The molecular weight excluding hydrogens is 348 g/mol. The molecule has 0 radical (unpaired) electrons. The predicted octanol–water partition coefficient (Wildman–Crippen LogP) is 3.93. The molecule has 1 aliphatic rings. The van der Waals surface area contributed by atoms with Crippen molar-refractivity contribution in [2.45, 2.75) is 26.2 Å². The lowest BCUT2D eigenvalue weighted by Crippen LogP contribution is -2.36. The van der Waals surface area contributed by atoms with Gasteiger partial charge in [0.05, 0.1) is 17.1 Å². The molecule has 1 unspecified atom stereocenters. The minimum absolute atomic E-state index is 0.00642. The Balaban J connectivity index is 2.03. The molecule has 27 heavy (non-hydrogen) atoms. The summed E-state index contributed by atoms with van der Waals surface area (Å²) >= 11 is 0. The number of esters is 1. The Morgan fingerprint density at radius 1 is 1.22 bits per heavy atom. The van der Waals surface area contributed by atoms with Crippen LogP contribution in [0.25, 0.3) is 0 Å². The van der Waals surface area contributed by atoms with E-state index in [0.29, 0.717) is 12.5 Å². The monoisotopic (exact) mass is 368 g/mol. The number of amides is 1. The Kier molecular flexibility index (Phi) is 5.21. The van der Waals surface area contributed by atoms with Crippen molar-refractivity contribution in [3.05, 3.63) is 69.3 Å². The van der Waals surface area contributed by atoms with Crippen LogP contribution in [0.15, 0.2) is 42.5 Å². The van der Waals surface area contributed by atoms with E-state index < -0.39 is 10.9 Å². The van der Waals surface area contributed by atoms with Gasteiger partial charge in [0.15, 0.2) is 0 Å². The quantitative estimate of drug-likeness (QED) is 0.463. The average Bonchev–Trinajstić information content (AvgIpc) is 2.68. The van der Waals surface area contributed by atoms with Gasteiger partial charge in [0, 0.05) is 29.9 Å². The van der Waals surface area contributed by atoms with Crippen LogP contribution in [0.5, 0.6) is 0 Å². The summed E-state index contributed by atoms with van der Waals surface area (Å²) in [6, 6.07) is 11.3. The maximum Gasteiger partial charge on any atom is 0.338 e. The molecule has 1 heterocycles. The van der Waals surface area contributed by atoms with Crippen LogP contribution in [-0.4, -0.2) is 30.0 Å². The van der Waals surface area contributed by atoms with Crippen LogP contribution in [0.3, 0.4) is 0 Å². The standard InChI is InChI=1S/C20H20N2O5/c1-3-27-20(24)15-10-14(11-16(12-15)22(25)26)19(23)21-9-8-13(2)17-6-4-5-7-18(17)21/h4-7,10-13H,3,8-9H2,1-2H3. The van der Waals surface area contributed by atoms with E-state index in [1.807, 2.05) is 24.3 Å². The molecule has 0 aromatic heterocycles. The first-order valence-electron chi connectivity index (χ1n) is 8.79. The second-order valence-electron chi connectivity index (χ2n) is 6.45. The van der Waals surface area contributed by atoms with Gasteiger partial charge >= 0.3 is 5.97 Å². The third-order valence-corrected chi connectivity index (χ3v) is 4.68. The van der Waals surface area contributed by atoms with Gasteiger partial charge in [0.2, 0.25) is 0 Å². The minimum atomic E-state index is -0.692. The van der Waals surface area contributed by atoms with Gasteiger partial charge in [-0.15, -0.1) is 0 Å². The van der Waals surface area contributed by atoms with Gasteiger partial charge in [-0.3, -0.25) is 14.9 Å². The van der Waals surface area contributed by atoms with E-state index in [9.17, 15) is 19.7 Å². The average molecular weight is 368 g/mol. The van der Waals surface area contributed by atoms with E-state index >= 15 is 0 Å². The number of ether oxygens (including phenoxy) is 1. The molecule has 1 atom stereocenters. The summed E-state index contributed by atoms with van der Waals surface area (Å²) in [5.41, 5.74) is 1.63. The second-order valence-corrected chi connectivity index (χ2v) is 6.45. The number of carbonyl (C=O) groups excluding carboxylic acids is 2. The highest BCUT2D eigenvalue weighted by Gasteiger charge is 2.28. The summed E-state index contributed by atoms with van der Waals surface area (Å²) in [5.74, 6) is -0.739. The highest BCUT2D eigenvalue weighted by atomic mass is 16.6. The second kappa shape index (κ2) is 7.57. The van der Waals surface area contributed by atoms with Gasteiger partial charge in [-0.1, -0.05) is 25.1 Å². The van der Waals surface area contributed by atoms with Crippen molar-refractivity contribution in [1.29, 1.82) is 0 Å². The summed E-state index contributed by atoms with van der Waals surface area (Å²) in [6.07, 6.45) is 0.794. The number of fused-ring (bicyclic) bond motifs is 1. The van der Waals surface area contributed by atoms with Gasteiger partial charge in [0.1, 0.15) is 0 Å². The number of hydrogen-bond donors (Lipinski definition) is 0. The molecule has 0 saturated carbocycles. The largest absolute Gasteiger partial charge is 0.462 e. The number of non-ortho nitro benzene ring substituents is 1. The first-order chi connectivity index (χ1) is 12.9. The summed E-state index contributed by atoms with van der Waals surface area (Å²) in [6.45, 7) is 4.40. The Morgan fingerprint density at radius 3 is 2.63 bits per heavy atom. The molecule has 2 aromatic carbocycles. The lowest BCUT2D eigenvalue weighted by Gasteiger charge is -2.33. The molecule has 0 bridgehead atoms. The third-order valence-electron chi connectivity index (χ3n) is 4.68. The fraction of sp³-hybridized carbons (Fsp3) is 0.300. The zero-order chi connectivity index (χ0) is 19.6. The van der Waals surface area contributed by atoms with Crippen LogP contribution in [0.2, 0.25) is 0 Å². The fourth-order valence-electron chi connectivity index (χ4n) is 3.29. The van der Waals surface area contributed by atoms with Crippen molar-refractivity contribution in [3.63, 3.8) is 0 Å². The first kappa shape index (κ1) is 18.6. The van der Waals surface area contributed by atoms with Crippen molar-refractivity contribution in [1.82, 2.24) is 0 Å². The number of rotatable bonds is 4. The Bertz CT molecular complexity index is 909. The first-order valence-corrected chi connectivity index (χ1v) is 8.79. The van der Waals surface area contributed by atoms with Crippen molar-refractivity contribution in [3.8, 4) is 0 Å². The van der Waals surface area contributed by atoms with E-state index in [4.69, 9.17) is 4.74 Å². The zero-order valence-corrected chi connectivity index (χ0v) is 15.2. The van der Waals surface area contributed by atoms with E-state index in [-0.39, 0.29) is 29.3 Å². The Labute approximate surface area is 156 Å². The van der Waals surface area contributed by atoms with E-state index in [2.05, 4.69) is 6.92 Å². The third kappa shape index (κ3) is 3.67.